The highest BCUT2D eigenvalue weighted by Crippen LogP contribution is 2.29. The molecule has 1 aliphatic heterocycles. The largest absolute Gasteiger partial charge is 0.453 e. The van der Waals surface area contributed by atoms with Crippen molar-refractivity contribution in [2.45, 2.75) is 19.8 Å². The summed E-state index contributed by atoms with van der Waals surface area (Å²) in [7, 11) is 1.32. The number of hydrogen-bond donors (Lipinski definition) is 1. The minimum atomic E-state index is -0.491. The number of benzene rings is 1. The second-order valence-electron chi connectivity index (χ2n) is 4.23. The zero-order valence-electron chi connectivity index (χ0n) is 10.5. The van der Waals surface area contributed by atoms with Crippen LogP contribution in [0.5, 0.6) is 0 Å². The molecular weight excluding hydrogens is 232 g/mol. The lowest BCUT2D eigenvalue weighted by Gasteiger charge is -2.28. The highest BCUT2D eigenvalue weighted by atomic mass is 16.5. The van der Waals surface area contributed by atoms with Crippen LogP contribution in [0.3, 0.4) is 0 Å². The molecule has 2 amide bonds. The maximum atomic E-state index is 11.5. The van der Waals surface area contributed by atoms with Crippen LogP contribution in [0.4, 0.5) is 16.2 Å². The standard InChI is InChI=1S/C13H16N2O3/c1-9(16)15-7-3-4-10-8-11(5-6-12(10)15)14-13(17)18-2/h5-6,8H,3-4,7H2,1-2H3,(H,14,17). The summed E-state index contributed by atoms with van der Waals surface area (Å²) < 4.78 is 4.54. The van der Waals surface area contributed by atoms with E-state index in [0.717, 1.165) is 30.6 Å². The van der Waals surface area contributed by atoms with E-state index >= 15 is 0 Å². The van der Waals surface area contributed by atoms with Gasteiger partial charge in [-0.1, -0.05) is 0 Å². The van der Waals surface area contributed by atoms with E-state index in [0.29, 0.717) is 5.69 Å². The van der Waals surface area contributed by atoms with Gasteiger partial charge >= 0.3 is 6.09 Å². The fourth-order valence-corrected chi connectivity index (χ4v) is 2.17. The van der Waals surface area contributed by atoms with Crippen LogP contribution in [0.25, 0.3) is 0 Å². The summed E-state index contributed by atoms with van der Waals surface area (Å²) in [5, 5.41) is 2.62. The molecule has 0 saturated carbocycles. The molecule has 0 unspecified atom stereocenters. The topological polar surface area (TPSA) is 58.6 Å². The number of anilines is 2. The first kappa shape index (κ1) is 12.4. The van der Waals surface area contributed by atoms with Gasteiger partial charge in [0.25, 0.3) is 0 Å². The van der Waals surface area contributed by atoms with Crippen LogP contribution in [0, 0.1) is 0 Å². The Morgan fingerprint density at radius 3 is 2.83 bits per heavy atom. The van der Waals surface area contributed by atoms with Gasteiger partial charge in [0.2, 0.25) is 5.91 Å². The van der Waals surface area contributed by atoms with Crippen LogP contribution < -0.4 is 10.2 Å². The van der Waals surface area contributed by atoms with E-state index < -0.39 is 6.09 Å². The SMILES string of the molecule is COC(=O)Nc1ccc2c(c1)CCCN2C(C)=O. The number of aryl methyl sites for hydroxylation is 1. The van der Waals surface area contributed by atoms with Crippen molar-refractivity contribution in [1.82, 2.24) is 0 Å². The Hall–Kier alpha value is -2.04. The van der Waals surface area contributed by atoms with Crippen molar-refractivity contribution in [1.29, 1.82) is 0 Å². The average molecular weight is 248 g/mol. The van der Waals surface area contributed by atoms with Gasteiger partial charge in [-0.3, -0.25) is 10.1 Å². The lowest BCUT2D eigenvalue weighted by Crippen LogP contribution is -2.33. The predicted molar refractivity (Wildman–Crippen MR) is 68.8 cm³/mol. The smallest absolute Gasteiger partial charge is 0.411 e. The fraction of sp³-hybridized carbons (Fsp3) is 0.385. The van der Waals surface area contributed by atoms with Crippen LogP contribution in [0.1, 0.15) is 18.9 Å². The number of carbonyl (C=O) groups is 2. The third kappa shape index (κ3) is 2.45. The Kier molecular flexibility index (Phi) is 3.50. The number of nitrogens with one attached hydrogen (secondary N) is 1. The van der Waals surface area contributed by atoms with Crippen LogP contribution in [0.2, 0.25) is 0 Å². The number of nitrogens with zero attached hydrogens (tertiary/aromatic N) is 1. The Morgan fingerprint density at radius 1 is 1.39 bits per heavy atom. The van der Waals surface area contributed by atoms with E-state index in [2.05, 4.69) is 10.1 Å². The Morgan fingerprint density at radius 2 is 2.17 bits per heavy atom. The van der Waals surface area contributed by atoms with E-state index in [1.54, 1.807) is 17.9 Å². The molecule has 1 aliphatic rings. The van der Waals surface area contributed by atoms with Crippen LogP contribution in [-0.2, 0) is 16.0 Å². The van der Waals surface area contributed by atoms with E-state index in [4.69, 9.17) is 0 Å². The minimum Gasteiger partial charge on any atom is -0.453 e. The molecule has 96 valence electrons. The summed E-state index contributed by atoms with van der Waals surface area (Å²) in [6.07, 6.45) is 1.36. The quantitative estimate of drug-likeness (QED) is 0.828. The van der Waals surface area contributed by atoms with Crippen molar-refractivity contribution in [2.24, 2.45) is 0 Å². The first-order valence-electron chi connectivity index (χ1n) is 5.88. The highest BCUT2D eigenvalue weighted by Gasteiger charge is 2.20. The van der Waals surface area contributed by atoms with Crippen molar-refractivity contribution in [3.8, 4) is 0 Å². The van der Waals surface area contributed by atoms with Gasteiger partial charge in [0, 0.05) is 24.8 Å². The van der Waals surface area contributed by atoms with Gasteiger partial charge in [0.15, 0.2) is 0 Å². The van der Waals surface area contributed by atoms with Crippen molar-refractivity contribution in [3.05, 3.63) is 23.8 Å². The first-order chi connectivity index (χ1) is 8.61. The molecule has 0 saturated heterocycles. The molecular formula is C13H16N2O3. The monoisotopic (exact) mass is 248 g/mol. The average Bonchev–Trinajstić information content (AvgIpc) is 2.37. The van der Waals surface area contributed by atoms with Gasteiger partial charge in [0.05, 0.1) is 7.11 Å². The number of hydrogen-bond acceptors (Lipinski definition) is 3. The maximum absolute atomic E-state index is 11.5. The van der Waals surface area contributed by atoms with Gasteiger partial charge in [-0.15, -0.1) is 0 Å². The van der Waals surface area contributed by atoms with Crippen LogP contribution in [-0.4, -0.2) is 25.7 Å². The number of amides is 2. The molecule has 0 spiro atoms. The second kappa shape index (κ2) is 5.08. The van der Waals surface area contributed by atoms with E-state index in [9.17, 15) is 9.59 Å². The molecule has 2 rings (SSSR count). The van der Waals surface area contributed by atoms with Gasteiger partial charge in [-0.2, -0.15) is 0 Å². The normalized spacial score (nSPS) is 13.8. The van der Waals surface area contributed by atoms with Gasteiger partial charge in [-0.05, 0) is 36.6 Å². The fourth-order valence-electron chi connectivity index (χ4n) is 2.17. The summed E-state index contributed by atoms with van der Waals surface area (Å²) >= 11 is 0. The molecule has 1 heterocycles. The molecule has 0 radical (unpaired) electrons. The van der Waals surface area contributed by atoms with Crippen molar-refractivity contribution >= 4 is 23.4 Å². The Labute approximate surface area is 106 Å². The van der Waals surface area contributed by atoms with Gasteiger partial charge < -0.3 is 9.64 Å². The molecule has 0 atom stereocenters. The summed E-state index contributed by atoms with van der Waals surface area (Å²) in [6.45, 7) is 2.32. The molecule has 1 N–H and O–H groups in total. The lowest BCUT2D eigenvalue weighted by atomic mass is 10.0. The third-order valence-corrected chi connectivity index (χ3v) is 3.01. The number of ether oxygens (including phenoxy) is 1. The number of rotatable bonds is 1. The van der Waals surface area contributed by atoms with E-state index in [-0.39, 0.29) is 5.91 Å². The molecule has 0 aliphatic carbocycles. The maximum Gasteiger partial charge on any atom is 0.411 e. The highest BCUT2D eigenvalue weighted by molar-refractivity contribution is 5.93. The summed E-state index contributed by atoms with van der Waals surface area (Å²) in [5.74, 6) is 0.0460. The van der Waals surface area contributed by atoms with Crippen LogP contribution in [0.15, 0.2) is 18.2 Å². The van der Waals surface area contributed by atoms with E-state index in [1.165, 1.54) is 7.11 Å². The first-order valence-corrected chi connectivity index (χ1v) is 5.88. The Bertz CT molecular complexity index is 485. The minimum absolute atomic E-state index is 0.0460. The molecule has 18 heavy (non-hydrogen) atoms. The molecule has 5 heteroatoms. The number of fused-ring (bicyclic) bond motifs is 1. The third-order valence-electron chi connectivity index (χ3n) is 3.01. The van der Waals surface area contributed by atoms with Crippen molar-refractivity contribution in [2.75, 3.05) is 23.9 Å². The van der Waals surface area contributed by atoms with Crippen molar-refractivity contribution in [3.63, 3.8) is 0 Å². The summed E-state index contributed by atoms with van der Waals surface area (Å²) in [6, 6.07) is 5.53. The summed E-state index contributed by atoms with van der Waals surface area (Å²) in [4.78, 5) is 24.4. The zero-order chi connectivity index (χ0) is 13.1. The molecule has 0 bridgehead atoms. The van der Waals surface area contributed by atoms with Gasteiger partial charge in [0.1, 0.15) is 0 Å². The molecule has 1 aromatic rings. The second-order valence-corrected chi connectivity index (χ2v) is 4.23. The van der Waals surface area contributed by atoms with Crippen LogP contribution >= 0.6 is 0 Å². The predicted octanol–water partition coefficient (Wildman–Crippen LogP) is 2.16. The Balaban J connectivity index is 2.26. The molecule has 0 aromatic heterocycles. The van der Waals surface area contributed by atoms with E-state index in [1.807, 2.05) is 12.1 Å². The van der Waals surface area contributed by atoms with Gasteiger partial charge in [-0.25, -0.2) is 4.79 Å². The summed E-state index contributed by atoms with van der Waals surface area (Å²) in [5.41, 5.74) is 2.69. The zero-order valence-corrected chi connectivity index (χ0v) is 10.5. The van der Waals surface area contributed by atoms with Crippen molar-refractivity contribution < 1.29 is 14.3 Å². The number of methoxy groups -OCH3 is 1. The molecule has 0 fully saturated rings. The lowest BCUT2D eigenvalue weighted by molar-refractivity contribution is -0.116. The molecule has 5 nitrogen and oxygen atoms in total. The number of carbonyl (C=O) groups excluding carboxylic acids is 2. The molecule has 1 aromatic carbocycles.